The third-order valence-electron chi connectivity index (χ3n) is 3.52. The maximum absolute atomic E-state index is 11.8. The monoisotopic (exact) mass is 428 g/mol. The predicted octanol–water partition coefficient (Wildman–Crippen LogP) is 4.78. The van der Waals surface area contributed by atoms with Crippen LogP contribution in [0, 0.1) is 0 Å². The van der Waals surface area contributed by atoms with E-state index in [9.17, 15) is 4.79 Å². The van der Waals surface area contributed by atoms with Crippen LogP contribution in [0.4, 0.5) is 0 Å². The van der Waals surface area contributed by atoms with Crippen LogP contribution < -0.4 is 10.2 Å². The van der Waals surface area contributed by atoms with E-state index in [4.69, 9.17) is 4.74 Å². The smallest absolute Gasteiger partial charge is 0.245 e. The van der Waals surface area contributed by atoms with E-state index in [2.05, 4.69) is 26.5 Å². The number of rotatable bonds is 7. The number of thiophene rings is 1. The lowest BCUT2D eigenvalue weighted by molar-refractivity contribution is -0.120. The van der Waals surface area contributed by atoms with Crippen LogP contribution in [0.1, 0.15) is 16.0 Å². The topological polar surface area (TPSA) is 50.7 Å². The van der Waals surface area contributed by atoms with E-state index >= 15 is 0 Å². The van der Waals surface area contributed by atoms with Gasteiger partial charge in [-0.05, 0) is 59.0 Å². The molecular weight excluding hydrogens is 412 g/mol. The van der Waals surface area contributed by atoms with Gasteiger partial charge < -0.3 is 4.74 Å². The average Bonchev–Trinajstić information content (AvgIpc) is 3.15. The molecule has 1 N–H and O–H groups in total. The van der Waals surface area contributed by atoms with Crippen molar-refractivity contribution < 1.29 is 9.53 Å². The molecule has 0 saturated heterocycles. The first-order valence-corrected chi connectivity index (χ1v) is 9.68. The zero-order chi connectivity index (χ0) is 18.2. The number of benzene rings is 2. The molecule has 6 heteroatoms. The van der Waals surface area contributed by atoms with Crippen LogP contribution in [0.15, 0.2) is 75.6 Å². The molecule has 3 aromatic rings. The maximum Gasteiger partial charge on any atom is 0.245 e. The molecule has 0 fully saturated rings. The standard InChI is InChI=1S/C20H17BrN2O2S/c21-17-7-3-16(4-8-17)14-25-18-9-5-15(6-10-18)13-22-23-20(24)12-19-2-1-11-26-19/h1-11,13H,12,14H2,(H,23,24)/b22-13-. The number of hydrazone groups is 1. The molecule has 2 aromatic carbocycles. The minimum absolute atomic E-state index is 0.127. The average molecular weight is 429 g/mol. The number of nitrogens with zero attached hydrogens (tertiary/aromatic N) is 1. The summed E-state index contributed by atoms with van der Waals surface area (Å²) < 4.78 is 6.81. The van der Waals surface area contributed by atoms with Gasteiger partial charge in [0, 0.05) is 9.35 Å². The van der Waals surface area contributed by atoms with E-state index < -0.39 is 0 Å². The molecule has 0 bridgehead atoms. The van der Waals surface area contributed by atoms with Crippen molar-refractivity contribution in [3.8, 4) is 5.75 Å². The number of ether oxygens (including phenoxy) is 1. The number of amides is 1. The third-order valence-corrected chi connectivity index (χ3v) is 4.92. The van der Waals surface area contributed by atoms with Crippen LogP contribution in [0.2, 0.25) is 0 Å². The van der Waals surface area contributed by atoms with Crippen LogP contribution in [0.25, 0.3) is 0 Å². The van der Waals surface area contributed by atoms with E-state index in [1.54, 1.807) is 17.6 Å². The van der Waals surface area contributed by atoms with Crippen molar-refractivity contribution in [3.63, 3.8) is 0 Å². The second kappa shape index (κ2) is 9.31. The minimum Gasteiger partial charge on any atom is -0.489 e. The van der Waals surface area contributed by atoms with E-state index in [0.29, 0.717) is 13.0 Å². The summed E-state index contributed by atoms with van der Waals surface area (Å²) in [4.78, 5) is 12.8. The molecule has 0 aliphatic rings. The summed E-state index contributed by atoms with van der Waals surface area (Å²) in [6.07, 6.45) is 1.96. The highest BCUT2D eigenvalue weighted by Gasteiger charge is 2.02. The van der Waals surface area contributed by atoms with Gasteiger partial charge in [0.15, 0.2) is 0 Å². The van der Waals surface area contributed by atoms with Crippen LogP contribution in [-0.4, -0.2) is 12.1 Å². The molecule has 1 aromatic heterocycles. The molecule has 0 aliphatic carbocycles. The molecule has 26 heavy (non-hydrogen) atoms. The van der Waals surface area contributed by atoms with Gasteiger partial charge >= 0.3 is 0 Å². The summed E-state index contributed by atoms with van der Waals surface area (Å²) >= 11 is 4.97. The highest BCUT2D eigenvalue weighted by Crippen LogP contribution is 2.15. The van der Waals surface area contributed by atoms with Gasteiger partial charge in [-0.3, -0.25) is 4.79 Å². The molecule has 1 amide bonds. The molecule has 4 nitrogen and oxygen atoms in total. The summed E-state index contributed by atoms with van der Waals surface area (Å²) in [7, 11) is 0. The predicted molar refractivity (Wildman–Crippen MR) is 109 cm³/mol. The van der Waals surface area contributed by atoms with Gasteiger partial charge in [0.25, 0.3) is 0 Å². The van der Waals surface area contributed by atoms with Crippen molar-refractivity contribution in [2.45, 2.75) is 13.0 Å². The fourth-order valence-corrected chi connectivity index (χ4v) is 3.15. The lowest BCUT2D eigenvalue weighted by atomic mass is 10.2. The number of carbonyl (C=O) groups excluding carboxylic acids is 1. The van der Waals surface area contributed by atoms with Gasteiger partial charge in [-0.2, -0.15) is 5.10 Å². The Balaban J connectivity index is 1.46. The van der Waals surface area contributed by atoms with Gasteiger partial charge in [0.1, 0.15) is 12.4 Å². The van der Waals surface area contributed by atoms with E-state index in [0.717, 1.165) is 26.2 Å². The maximum atomic E-state index is 11.8. The van der Waals surface area contributed by atoms with E-state index in [1.165, 1.54) is 0 Å². The zero-order valence-corrected chi connectivity index (χ0v) is 16.3. The van der Waals surface area contributed by atoms with Crippen molar-refractivity contribution in [1.29, 1.82) is 0 Å². The van der Waals surface area contributed by atoms with Crippen LogP contribution in [-0.2, 0) is 17.8 Å². The largest absolute Gasteiger partial charge is 0.489 e. The quantitative estimate of drug-likeness (QED) is 0.434. The molecule has 3 rings (SSSR count). The Morgan fingerprint density at radius 1 is 1.12 bits per heavy atom. The van der Waals surface area contributed by atoms with Gasteiger partial charge in [-0.15, -0.1) is 11.3 Å². The number of hydrogen-bond acceptors (Lipinski definition) is 4. The van der Waals surface area contributed by atoms with Crippen LogP contribution in [0.3, 0.4) is 0 Å². The van der Waals surface area contributed by atoms with Crippen LogP contribution in [0.5, 0.6) is 5.75 Å². The summed E-state index contributed by atoms with van der Waals surface area (Å²) in [5.41, 5.74) is 4.53. The first-order valence-electron chi connectivity index (χ1n) is 8.00. The molecule has 0 atom stereocenters. The summed E-state index contributed by atoms with van der Waals surface area (Å²) in [6, 6.07) is 19.4. The number of hydrogen-bond donors (Lipinski definition) is 1. The molecule has 0 radical (unpaired) electrons. The van der Waals surface area contributed by atoms with Crippen LogP contribution >= 0.6 is 27.3 Å². The fraction of sp³-hybridized carbons (Fsp3) is 0.100. The van der Waals surface area contributed by atoms with Crippen molar-refractivity contribution in [3.05, 3.63) is 86.5 Å². The number of halogens is 1. The Kier molecular flexibility index (Phi) is 6.57. The highest BCUT2D eigenvalue weighted by atomic mass is 79.9. The molecule has 0 spiro atoms. The van der Waals surface area contributed by atoms with Crippen molar-refractivity contribution in [2.75, 3.05) is 0 Å². The molecule has 0 saturated carbocycles. The van der Waals surface area contributed by atoms with Gasteiger partial charge in [0.2, 0.25) is 5.91 Å². The Bertz CT molecular complexity index is 860. The minimum atomic E-state index is -0.127. The molecule has 0 aliphatic heterocycles. The molecule has 0 unspecified atom stereocenters. The molecule has 1 heterocycles. The third kappa shape index (κ3) is 5.82. The van der Waals surface area contributed by atoms with Crippen molar-refractivity contribution >= 4 is 39.4 Å². The summed E-state index contributed by atoms with van der Waals surface area (Å²) in [6.45, 7) is 0.513. The normalized spacial score (nSPS) is 10.8. The zero-order valence-electron chi connectivity index (χ0n) is 13.9. The number of carbonyl (C=O) groups is 1. The lowest BCUT2D eigenvalue weighted by Gasteiger charge is -2.06. The Morgan fingerprint density at radius 2 is 1.88 bits per heavy atom. The fourth-order valence-electron chi connectivity index (χ4n) is 2.19. The summed E-state index contributed by atoms with van der Waals surface area (Å²) in [5, 5.41) is 5.94. The van der Waals surface area contributed by atoms with E-state index in [1.807, 2.05) is 66.0 Å². The van der Waals surface area contributed by atoms with Gasteiger partial charge in [-0.1, -0.05) is 34.1 Å². The first kappa shape index (κ1) is 18.4. The second-order valence-corrected chi connectivity index (χ2v) is 7.48. The lowest BCUT2D eigenvalue weighted by Crippen LogP contribution is -2.19. The second-order valence-electron chi connectivity index (χ2n) is 5.53. The molecular formula is C20H17BrN2O2S. The number of nitrogens with one attached hydrogen (secondary N) is 1. The molecule has 132 valence electrons. The Labute approximate surface area is 164 Å². The van der Waals surface area contributed by atoms with Gasteiger partial charge in [-0.25, -0.2) is 5.43 Å². The van der Waals surface area contributed by atoms with Crippen molar-refractivity contribution in [1.82, 2.24) is 5.43 Å². The Morgan fingerprint density at radius 3 is 2.58 bits per heavy atom. The SMILES string of the molecule is O=C(Cc1cccs1)N/N=C\c1ccc(OCc2ccc(Br)cc2)cc1. The highest BCUT2D eigenvalue weighted by molar-refractivity contribution is 9.10. The van der Waals surface area contributed by atoms with Crippen molar-refractivity contribution in [2.24, 2.45) is 5.10 Å². The van der Waals surface area contributed by atoms with Gasteiger partial charge in [0.05, 0.1) is 12.6 Å². The van der Waals surface area contributed by atoms with E-state index in [-0.39, 0.29) is 5.91 Å². The Hall–Kier alpha value is -2.44. The summed E-state index contributed by atoms with van der Waals surface area (Å²) in [5.74, 6) is 0.657. The first-order chi connectivity index (χ1) is 12.7.